The highest BCUT2D eigenvalue weighted by atomic mass is 35.5. The molecule has 0 aromatic heterocycles. The van der Waals surface area contributed by atoms with E-state index in [2.05, 4.69) is 17.0 Å². The first-order chi connectivity index (χ1) is 8.31. The van der Waals surface area contributed by atoms with Crippen LogP contribution in [0.5, 0.6) is 5.75 Å². The molecule has 0 amide bonds. The Bertz CT molecular complexity index is 345. The van der Waals surface area contributed by atoms with Crippen molar-refractivity contribution in [2.45, 2.75) is 12.6 Å². The van der Waals surface area contributed by atoms with Crippen LogP contribution in [0.2, 0.25) is 0 Å². The van der Waals surface area contributed by atoms with Crippen LogP contribution >= 0.6 is 12.4 Å². The zero-order chi connectivity index (χ0) is 12.1. The van der Waals surface area contributed by atoms with Crippen LogP contribution in [0.1, 0.15) is 5.56 Å². The van der Waals surface area contributed by atoms with Gasteiger partial charge in [-0.05, 0) is 17.7 Å². The molecule has 1 atom stereocenters. The molecule has 1 fully saturated rings. The van der Waals surface area contributed by atoms with E-state index in [0.29, 0.717) is 6.54 Å². The maximum absolute atomic E-state index is 5.63. The molecule has 0 spiro atoms. The van der Waals surface area contributed by atoms with Gasteiger partial charge in [0.15, 0.2) is 0 Å². The number of ether oxygens (including phenoxy) is 2. The molecular weight excluding hydrogens is 252 g/mol. The number of hydrogen-bond donors (Lipinski definition) is 1. The van der Waals surface area contributed by atoms with Gasteiger partial charge < -0.3 is 15.2 Å². The highest BCUT2D eigenvalue weighted by Gasteiger charge is 2.18. The second kappa shape index (κ2) is 7.59. The molecule has 0 saturated carbocycles. The Labute approximate surface area is 114 Å². The number of hydrogen-bond acceptors (Lipinski definition) is 4. The maximum atomic E-state index is 5.63. The number of nitrogens with two attached hydrogens (primary N) is 1. The molecule has 2 N–H and O–H groups in total. The first kappa shape index (κ1) is 15.2. The molecule has 0 bridgehead atoms. The van der Waals surface area contributed by atoms with E-state index in [1.807, 2.05) is 12.1 Å². The molecule has 1 aliphatic rings. The van der Waals surface area contributed by atoms with Gasteiger partial charge >= 0.3 is 0 Å². The first-order valence-corrected chi connectivity index (χ1v) is 5.99. The Hall–Kier alpha value is -0.810. The summed E-state index contributed by atoms with van der Waals surface area (Å²) >= 11 is 0. The minimum Gasteiger partial charge on any atom is -0.497 e. The Morgan fingerprint density at radius 3 is 2.72 bits per heavy atom. The second-order valence-corrected chi connectivity index (χ2v) is 4.31. The van der Waals surface area contributed by atoms with E-state index in [1.54, 1.807) is 7.11 Å². The van der Waals surface area contributed by atoms with Gasteiger partial charge in [0.05, 0.1) is 19.8 Å². The van der Waals surface area contributed by atoms with E-state index in [-0.39, 0.29) is 18.5 Å². The van der Waals surface area contributed by atoms with Gasteiger partial charge in [-0.2, -0.15) is 0 Å². The summed E-state index contributed by atoms with van der Waals surface area (Å²) in [6, 6.07) is 8.20. The van der Waals surface area contributed by atoms with Crippen molar-refractivity contribution in [2.24, 2.45) is 5.73 Å². The second-order valence-electron chi connectivity index (χ2n) is 4.31. The van der Waals surface area contributed by atoms with E-state index < -0.39 is 0 Å². The molecular formula is C13H21ClN2O2. The monoisotopic (exact) mass is 272 g/mol. The number of benzene rings is 1. The Balaban J connectivity index is 0.00000162. The van der Waals surface area contributed by atoms with Crippen molar-refractivity contribution < 1.29 is 9.47 Å². The van der Waals surface area contributed by atoms with Gasteiger partial charge in [0.2, 0.25) is 0 Å². The summed E-state index contributed by atoms with van der Waals surface area (Å²) in [6.07, 6.45) is 0.182. The molecule has 18 heavy (non-hydrogen) atoms. The number of nitrogens with zero attached hydrogens (tertiary/aromatic N) is 1. The van der Waals surface area contributed by atoms with E-state index in [9.17, 15) is 0 Å². The molecule has 1 aromatic carbocycles. The summed E-state index contributed by atoms with van der Waals surface area (Å²) in [5.41, 5.74) is 6.92. The smallest absolute Gasteiger partial charge is 0.118 e. The predicted molar refractivity (Wildman–Crippen MR) is 74.3 cm³/mol. The highest BCUT2D eigenvalue weighted by Crippen LogP contribution is 2.14. The van der Waals surface area contributed by atoms with Crippen LogP contribution in [-0.4, -0.2) is 44.4 Å². The van der Waals surface area contributed by atoms with Gasteiger partial charge in [0.1, 0.15) is 5.75 Å². The fourth-order valence-electron chi connectivity index (χ4n) is 2.06. The molecule has 0 radical (unpaired) electrons. The molecule has 1 aromatic rings. The van der Waals surface area contributed by atoms with Crippen molar-refractivity contribution in [3.63, 3.8) is 0 Å². The van der Waals surface area contributed by atoms with Gasteiger partial charge in [-0.1, -0.05) is 12.1 Å². The van der Waals surface area contributed by atoms with Gasteiger partial charge in [0.25, 0.3) is 0 Å². The third-order valence-corrected chi connectivity index (χ3v) is 3.05. The SMILES string of the molecule is COc1ccc(CN2CCOC(CN)C2)cc1.Cl. The summed E-state index contributed by atoms with van der Waals surface area (Å²) < 4.78 is 10.7. The molecule has 4 nitrogen and oxygen atoms in total. The van der Waals surface area contributed by atoms with Crippen LogP contribution in [0.3, 0.4) is 0 Å². The number of rotatable bonds is 4. The average Bonchev–Trinajstić information content (AvgIpc) is 2.40. The van der Waals surface area contributed by atoms with Crippen molar-refractivity contribution in [2.75, 3.05) is 33.4 Å². The zero-order valence-electron chi connectivity index (χ0n) is 10.7. The molecule has 1 aliphatic heterocycles. The number of morpholine rings is 1. The minimum absolute atomic E-state index is 0. The molecule has 2 rings (SSSR count). The van der Waals surface area contributed by atoms with Gasteiger partial charge in [-0.3, -0.25) is 4.90 Å². The number of methoxy groups -OCH3 is 1. The van der Waals surface area contributed by atoms with Crippen LogP contribution in [-0.2, 0) is 11.3 Å². The van der Waals surface area contributed by atoms with Gasteiger partial charge in [-0.15, -0.1) is 12.4 Å². The van der Waals surface area contributed by atoms with Crippen LogP contribution in [0.15, 0.2) is 24.3 Å². The standard InChI is InChI=1S/C13H20N2O2.ClH/c1-16-12-4-2-11(3-5-12)9-15-6-7-17-13(8-14)10-15;/h2-5,13H,6-10,14H2,1H3;1H. The zero-order valence-corrected chi connectivity index (χ0v) is 11.5. The van der Waals surface area contributed by atoms with E-state index >= 15 is 0 Å². The molecule has 102 valence electrons. The van der Waals surface area contributed by atoms with Crippen molar-refractivity contribution in [3.8, 4) is 5.75 Å². The average molecular weight is 273 g/mol. The van der Waals surface area contributed by atoms with Gasteiger partial charge in [-0.25, -0.2) is 0 Å². The highest BCUT2D eigenvalue weighted by molar-refractivity contribution is 5.85. The van der Waals surface area contributed by atoms with Gasteiger partial charge in [0, 0.05) is 26.2 Å². The normalized spacial score (nSPS) is 20.2. The summed E-state index contributed by atoms with van der Waals surface area (Å²) in [5.74, 6) is 0.899. The van der Waals surface area contributed by atoms with Crippen LogP contribution in [0.4, 0.5) is 0 Å². The third kappa shape index (κ3) is 4.14. The fourth-order valence-corrected chi connectivity index (χ4v) is 2.06. The van der Waals surface area contributed by atoms with E-state index in [0.717, 1.165) is 32.0 Å². The lowest BCUT2D eigenvalue weighted by Gasteiger charge is -2.32. The van der Waals surface area contributed by atoms with Crippen molar-refractivity contribution in [3.05, 3.63) is 29.8 Å². The summed E-state index contributed by atoms with van der Waals surface area (Å²) in [6.45, 7) is 4.21. The quantitative estimate of drug-likeness (QED) is 0.897. The first-order valence-electron chi connectivity index (χ1n) is 5.99. The fraction of sp³-hybridized carbons (Fsp3) is 0.538. The summed E-state index contributed by atoms with van der Waals surface area (Å²) in [4.78, 5) is 2.38. The van der Waals surface area contributed by atoms with E-state index in [1.165, 1.54) is 5.56 Å². The molecule has 1 saturated heterocycles. The molecule has 1 heterocycles. The van der Waals surface area contributed by atoms with Crippen LogP contribution in [0, 0.1) is 0 Å². The van der Waals surface area contributed by atoms with Crippen molar-refractivity contribution in [1.29, 1.82) is 0 Å². The third-order valence-electron chi connectivity index (χ3n) is 3.05. The lowest BCUT2D eigenvalue weighted by molar-refractivity contribution is -0.0260. The lowest BCUT2D eigenvalue weighted by atomic mass is 10.2. The predicted octanol–water partition coefficient (Wildman–Crippen LogP) is 1.28. The minimum atomic E-state index is 0. The largest absolute Gasteiger partial charge is 0.497 e. The van der Waals surface area contributed by atoms with Crippen LogP contribution in [0.25, 0.3) is 0 Å². The lowest BCUT2D eigenvalue weighted by Crippen LogP contribution is -2.45. The summed E-state index contributed by atoms with van der Waals surface area (Å²) in [5, 5.41) is 0. The molecule has 0 aliphatic carbocycles. The molecule has 5 heteroatoms. The van der Waals surface area contributed by atoms with Crippen molar-refractivity contribution >= 4 is 12.4 Å². The topological polar surface area (TPSA) is 47.7 Å². The Morgan fingerprint density at radius 1 is 1.39 bits per heavy atom. The summed E-state index contributed by atoms with van der Waals surface area (Å²) in [7, 11) is 1.68. The Morgan fingerprint density at radius 2 is 2.11 bits per heavy atom. The van der Waals surface area contributed by atoms with Crippen LogP contribution < -0.4 is 10.5 Å². The Kier molecular flexibility index (Phi) is 6.43. The number of halogens is 1. The maximum Gasteiger partial charge on any atom is 0.118 e. The van der Waals surface area contributed by atoms with Crippen molar-refractivity contribution in [1.82, 2.24) is 4.90 Å². The molecule has 1 unspecified atom stereocenters. The van der Waals surface area contributed by atoms with E-state index in [4.69, 9.17) is 15.2 Å².